The van der Waals surface area contributed by atoms with Crippen LogP contribution in [0.15, 0.2) is 24.3 Å². The first-order valence-corrected chi connectivity index (χ1v) is 7.98. The van der Waals surface area contributed by atoms with Crippen LogP contribution >= 0.6 is 0 Å². The topological polar surface area (TPSA) is 105 Å². The van der Waals surface area contributed by atoms with E-state index in [2.05, 4.69) is 5.32 Å². The van der Waals surface area contributed by atoms with E-state index in [9.17, 15) is 19.2 Å². The number of benzene rings is 1. The van der Waals surface area contributed by atoms with Crippen LogP contribution in [0.3, 0.4) is 0 Å². The maximum atomic E-state index is 12.2. The van der Waals surface area contributed by atoms with Gasteiger partial charge in [0.05, 0.1) is 18.8 Å². The molecule has 2 rings (SSSR count). The predicted octanol–water partition coefficient (Wildman–Crippen LogP) is -0.452. The second-order valence-electron chi connectivity index (χ2n) is 5.73. The molecule has 0 radical (unpaired) electrons. The van der Waals surface area contributed by atoms with Crippen molar-refractivity contribution in [1.29, 1.82) is 0 Å². The Hall–Kier alpha value is -3.10. The maximum Gasteiger partial charge on any atom is 0.349 e. The van der Waals surface area contributed by atoms with Gasteiger partial charge >= 0.3 is 5.97 Å². The normalized spacial score (nSPS) is 15.3. The zero-order valence-electron chi connectivity index (χ0n) is 14.9. The second kappa shape index (κ2) is 8.32. The van der Waals surface area contributed by atoms with Gasteiger partial charge in [-0.2, -0.15) is 0 Å². The average molecular weight is 363 g/mol. The third-order valence-corrected chi connectivity index (χ3v) is 3.84. The monoisotopic (exact) mass is 363 g/mol. The van der Waals surface area contributed by atoms with Crippen LogP contribution in [0.1, 0.15) is 6.92 Å². The Labute approximate surface area is 150 Å². The number of carbonyl (C=O) groups excluding carboxylic acids is 4. The minimum atomic E-state index is -1.04. The molecule has 1 atom stereocenters. The summed E-state index contributed by atoms with van der Waals surface area (Å²) in [5.41, 5.74) is 0.574. The van der Waals surface area contributed by atoms with E-state index >= 15 is 0 Å². The molecule has 0 bridgehead atoms. The molecule has 140 valence electrons. The van der Waals surface area contributed by atoms with Crippen LogP contribution in [0.4, 0.5) is 5.69 Å². The molecule has 1 aromatic carbocycles. The number of rotatable bonds is 5. The number of hydrogen-bond donors (Lipinski definition) is 1. The van der Waals surface area contributed by atoms with E-state index in [1.807, 2.05) is 0 Å². The third-order valence-electron chi connectivity index (χ3n) is 3.84. The molecule has 9 nitrogen and oxygen atoms in total. The van der Waals surface area contributed by atoms with Crippen molar-refractivity contribution in [2.45, 2.75) is 13.0 Å². The number of likely N-dealkylation sites (N-methyl/N-ethyl adjacent to an activating group) is 2. The number of nitrogens with zero attached hydrogens (tertiary/aromatic N) is 2. The van der Waals surface area contributed by atoms with E-state index in [1.54, 1.807) is 24.3 Å². The zero-order valence-corrected chi connectivity index (χ0v) is 14.9. The summed E-state index contributed by atoms with van der Waals surface area (Å²) in [5, 5.41) is 2.39. The van der Waals surface area contributed by atoms with Gasteiger partial charge in [0, 0.05) is 21.0 Å². The Morgan fingerprint density at radius 2 is 2.00 bits per heavy atom. The molecule has 0 saturated carbocycles. The van der Waals surface area contributed by atoms with Crippen LogP contribution < -0.4 is 15.0 Å². The van der Waals surface area contributed by atoms with Gasteiger partial charge in [-0.05, 0) is 12.1 Å². The number of para-hydroxylation sites is 2. The Morgan fingerprint density at radius 3 is 2.65 bits per heavy atom. The molecule has 26 heavy (non-hydrogen) atoms. The molecular weight excluding hydrogens is 342 g/mol. The molecule has 9 heteroatoms. The molecule has 1 aromatic rings. The van der Waals surface area contributed by atoms with E-state index in [1.165, 1.54) is 25.9 Å². The summed E-state index contributed by atoms with van der Waals surface area (Å²) in [6, 6.07) is 6.85. The molecular formula is C17H21N3O6. The largest absolute Gasteiger partial charge is 0.475 e. The summed E-state index contributed by atoms with van der Waals surface area (Å²) >= 11 is 0. The van der Waals surface area contributed by atoms with Crippen molar-refractivity contribution < 1.29 is 28.7 Å². The zero-order chi connectivity index (χ0) is 19.3. The van der Waals surface area contributed by atoms with Crippen LogP contribution in [0, 0.1) is 0 Å². The first-order chi connectivity index (χ1) is 12.3. The molecule has 0 unspecified atom stereocenters. The summed E-state index contributed by atoms with van der Waals surface area (Å²) in [6.07, 6.45) is -1.04. The highest BCUT2D eigenvalue weighted by molar-refractivity contribution is 5.95. The summed E-state index contributed by atoms with van der Waals surface area (Å²) < 4.78 is 10.6. The van der Waals surface area contributed by atoms with Crippen molar-refractivity contribution in [2.24, 2.45) is 0 Å². The van der Waals surface area contributed by atoms with Gasteiger partial charge in [0.15, 0.2) is 6.61 Å². The number of esters is 1. The first-order valence-electron chi connectivity index (χ1n) is 7.98. The summed E-state index contributed by atoms with van der Waals surface area (Å²) in [7, 11) is 2.88. The van der Waals surface area contributed by atoms with Gasteiger partial charge in [0.2, 0.25) is 17.9 Å². The molecule has 0 spiro atoms. The Morgan fingerprint density at radius 1 is 1.31 bits per heavy atom. The van der Waals surface area contributed by atoms with Crippen molar-refractivity contribution in [3.8, 4) is 5.75 Å². The third kappa shape index (κ3) is 4.50. The highest BCUT2D eigenvalue weighted by atomic mass is 16.6. The first kappa shape index (κ1) is 19.2. The fourth-order valence-corrected chi connectivity index (χ4v) is 2.37. The fourth-order valence-electron chi connectivity index (χ4n) is 2.37. The molecule has 1 aliphatic heterocycles. The van der Waals surface area contributed by atoms with E-state index < -0.39 is 24.6 Å². The molecule has 1 heterocycles. The molecule has 0 saturated heterocycles. The van der Waals surface area contributed by atoms with Gasteiger partial charge in [-0.3, -0.25) is 14.4 Å². The Balaban J connectivity index is 1.97. The lowest BCUT2D eigenvalue weighted by Crippen LogP contribution is -2.47. The number of ether oxygens (including phenoxy) is 2. The van der Waals surface area contributed by atoms with Crippen molar-refractivity contribution in [3.63, 3.8) is 0 Å². The standard InChI is InChI=1S/C17H21N3O6/c1-11(21)20-8-14(26-13-7-5-4-6-12(13)20)17(24)25-10-16(23)19(3)9-15(22)18-2/h4-7,14H,8-10H2,1-3H3,(H,18,22)/t14-/m1/s1. The van der Waals surface area contributed by atoms with Crippen molar-refractivity contribution >= 4 is 29.4 Å². The second-order valence-corrected chi connectivity index (χ2v) is 5.73. The highest BCUT2D eigenvalue weighted by Gasteiger charge is 2.34. The van der Waals surface area contributed by atoms with Gasteiger partial charge < -0.3 is 24.6 Å². The lowest BCUT2D eigenvalue weighted by molar-refractivity contribution is -0.157. The molecule has 1 N–H and O–H groups in total. The number of anilines is 1. The number of amides is 3. The summed E-state index contributed by atoms with van der Waals surface area (Å²) in [5.74, 6) is -1.47. The number of hydrogen-bond acceptors (Lipinski definition) is 6. The average Bonchev–Trinajstić information content (AvgIpc) is 2.64. The fraction of sp³-hybridized carbons (Fsp3) is 0.412. The van der Waals surface area contributed by atoms with Crippen LogP contribution in [-0.2, 0) is 23.9 Å². The van der Waals surface area contributed by atoms with Crippen LogP contribution in [-0.4, -0.2) is 68.5 Å². The summed E-state index contributed by atoms with van der Waals surface area (Å²) in [6.45, 7) is 0.724. The number of carbonyl (C=O) groups is 4. The number of nitrogens with one attached hydrogen (secondary N) is 1. The van der Waals surface area contributed by atoms with Crippen LogP contribution in [0.25, 0.3) is 0 Å². The minimum absolute atomic E-state index is 0.00650. The molecule has 3 amide bonds. The quantitative estimate of drug-likeness (QED) is 0.711. The van der Waals surface area contributed by atoms with E-state index in [4.69, 9.17) is 9.47 Å². The van der Waals surface area contributed by atoms with Gasteiger partial charge in [-0.25, -0.2) is 4.79 Å². The van der Waals surface area contributed by atoms with E-state index in [-0.39, 0.29) is 24.9 Å². The maximum absolute atomic E-state index is 12.2. The van der Waals surface area contributed by atoms with E-state index in [0.29, 0.717) is 11.4 Å². The summed E-state index contributed by atoms with van der Waals surface area (Å²) in [4.78, 5) is 49.8. The van der Waals surface area contributed by atoms with Gasteiger partial charge in [-0.15, -0.1) is 0 Å². The SMILES string of the molecule is CNC(=O)CN(C)C(=O)COC(=O)[C@H]1CN(C(C)=O)c2ccccc2O1. The van der Waals surface area contributed by atoms with Gasteiger partial charge in [0.1, 0.15) is 5.75 Å². The molecule has 0 aromatic heterocycles. The predicted molar refractivity (Wildman–Crippen MR) is 91.5 cm³/mol. The van der Waals surface area contributed by atoms with E-state index in [0.717, 1.165) is 4.90 Å². The number of fused-ring (bicyclic) bond motifs is 1. The Kier molecular flexibility index (Phi) is 6.16. The van der Waals surface area contributed by atoms with Crippen LogP contribution in [0.2, 0.25) is 0 Å². The lowest BCUT2D eigenvalue weighted by atomic mass is 10.2. The van der Waals surface area contributed by atoms with Crippen molar-refractivity contribution in [1.82, 2.24) is 10.2 Å². The minimum Gasteiger partial charge on any atom is -0.475 e. The molecule has 1 aliphatic rings. The smallest absolute Gasteiger partial charge is 0.349 e. The van der Waals surface area contributed by atoms with Crippen molar-refractivity contribution in [2.75, 3.05) is 38.7 Å². The van der Waals surface area contributed by atoms with Crippen LogP contribution in [0.5, 0.6) is 5.75 Å². The van der Waals surface area contributed by atoms with Gasteiger partial charge in [0.25, 0.3) is 5.91 Å². The Bertz CT molecular complexity index is 720. The highest BCUT2D eigenvalue weighted by Crippen LogP contribution is 2.33. The lowest BCUT2D eigenvalue weighted by Gasteiger charge is -2.33. The van der Waals surface area contributed by atoms with Gasteiger partial charge in [-0.1, -0.05) is 12.1 Å². The molecule has 0 aliphatic carbocycles. The molecule has 0 fully saturated rings. The van der Waals surface area contributed by atoms with Crippen molar-refractivity contribution in [3.05, 3.63) is 24.3 Å².